The molecule has 0 saturated heterocycles. The molecule has 0 radical (unpaired) electrons. The van der Waals surface area contributed by atoms with Gasteiger partial charge in [-0.25, -0.2) is 0 Å². The summed E-state index contributed by atoms with van der Waals surface area (Å²) in [6.07, 6.45) is 0.0444. The summed E-state index contributed by atoms with van der Waals surface area (Å²) in [6, 6.07) is 15.9. The van der Waals surface area contributed by atoms with Crippen LogP contribution in [-0.4, -0.2) is 17.6 Å². The van der Waals surface area contributed by atoms with E-state index in [0.717, 1.165) is 22.3 Å². The second-order valence-electron chi connectivity index (χ2n) is 5.06. The summed E-state index contributed by atoms with van der Waals surface area (Å²) in [7, 11) is 0. The monoisotopic (exact) mass is 320 g/mol. The molecule has 0 saturated carbocycles. The maximum Gasteiger partial charge on any atom is 0.304 e. The van der Waals surface area contributed by atoms with E-state index in [9.17, 15) is 4.79 Å². The number of hydrogen-bond donors (Lipinski definition) is 3. The Kier molecular flexibility index (Phi) is 7.05. The Balaban J connectivity index is 0.00000242. The number of nitrogens with two attached hydrogens (primary N) is 2. The Morgan fingerprint density at radius 3 is 2.27 bits per heavy atom. The molecule has 2 aromatic rings. The summed E-state index contributed by atoms with van der Waals surface area (Å²) >= 11 is 0. The normalized spacial score (nSPS) is 11.5. The molecule has 4 nitrogen and oxygen atoms in total. The summed E-state index contributed by atoms with van der Waals surface area (Å²) in [5.41, 5.74) is 15.5. The molecule has 0 spiro atoms. The molecule has 0 aliphatic carbocycles. The minimum atomic E-state index is -0.832. The Labute approximate surface area is 136 Å². The minimum absolute atomic E-state index is 0. The van der Waals surface area contributed by atoms with Crippen molar-refractivity contribution in [3.8, 4) is 11.1 Å². The van der Waals surface area contributed by atoms with Crippen molar-refractivity contribution >= 4 is 18.4 Å². The smallest absolute Gasteiger partial charge is 0.304 e. The van der Waals surface area contributed by atoms with Gasteiger partial charge in [-0.15, -0.1) is 12.4 Å². The summed E-state index contributed by atoms with van der Waals surface area (Å²) in [5, 5.41) is 8.96. The zero-order chi connectivity index (χ0) is 15.2. The minimum Gasteiger partial charge on any atom is -0.481 e. The quantitative estimate of drug-likeness (QED) is 0.763. The Bertz CT molecular complexity index is 632. The average Bonchev–Trinajstić information content (AvgIpc) is 2.52. The number of carboxylic acids is 1. The molecule has 0 fully saturated rings. The lowest BCUT2D eigenvalue weighted by molar-refractivity contribution is -0.137. The molecule has 0 amide bonds. The van der Waals surface area contributed by atoms with Crippen LogP contribution in [0.25, 0.3) is 11.1 Å². The van der Waals surface area contributed by atoms with Crippen molar-refractivity contribution in [1.82, 2.24) is 0 Å². The van der Waals surface area contributed by atoms with Gasteiger partial charge in [-0.2, -0.15) is 0 Å². The first-order valence-electron chi connectivity index (χ1n) is 6.95. The highest BCUT2D eigenvalue weighted by molar-refractivity contribution is 5.85. The summed E-state index contributed by atoms with van der Waals surface area (Å²) in [5.74, 6) is -0.999. The van der Waals surface area contributed by atoms with Crippen LogP contribution in [0.15, 0.2) is 48.5 Å². The maximum absolute atomic E-state index is 10.9. The lowest BCUT2D eigenvalue weighted by Gasteiger charge is -2.14. The van der Waals surface area contributed by atoms with Crippen molar-refractivity contribution in [1.29, 1.82) is 0 Å². The van der Waals surface area contributed by atoms with Crippen molar-refractivity contribution in [2.45, 2.75) is 18.9 Å². The molecule has 118 valence electrons. The molecular weight excluding hydrogens is 300 g/mol. The number of aliphatic carboxylic acids is 1. The van der Waals surface area contributed by atoms with Crippen molar-refractivity contribution < 1.29 is 9.90 Å². The first-order chi connectivity index (χ1) is 10.1. The van der Waals surface area contributed by atoms with E-state index in [0.29, 0.717) is 13.1 Å². The first kappa shape index (κ1) is 18.2. The molecule has 1 atom stereocenters. The van der Waals surface area contributed by atoms with Gasteiger partial charge in [0.05, 0.1) is 6.42 Å². The highest BCUT2D eigenvalue weighted by atomic mass is 35.5. The van der Waals surface area contributed by atoms with Crippen LogP contribution in [-0.2, 0) is 11.3 Å². The Morgan fingerprint density at radius 1 is 1.05 bits per heavy atom. The van der Waals surface area contributed by atoms with E-state index in [-0.39, 0.29) is 24.7 Å². The average molecular weight is 321 g/mol. The number of carbonyl (C=O) groups is 1. The molecule has 0 aliphatic rings. The van der Waals surface area contributed by atoms with Crippen LogP contribution in [0.2, 0.25) is 0 Å². The summed E-state index contributed by atoms with van der Waals surface area (Å²) in [4.78, 5) is 10.9. The standard InChI is InChI=1S/C17H20N2O2.ClH/c18-10-12-3-1-4-13(7-12)14-5-2-6-15(8-14)16(11-19)9-17(20)21;/h1-8,16H,9-11,18-19H2,(H,20,21);1H/t16-;/m0./s1. The van der Waals surface area contributed by atoms with Gasteiger partial charge in [-0.05, 0) is 34.9 Å². The fraction of sp³-hybridized carbons (Fsp3) is 0.235. The van der Waals surface area contributed by atoms with Crippen molar-refractivity contribution in [2.24, 2.45) is 11.5 Å². The van der Waals surface area contributed by atoms with Crippen LogP contribution in [0, 0.1) is 0 Å². The van der Waals surface area contributed by atoms with Gasteiger partial charge in [-0.1, -0.05) is 42.5 Å². The summed E-state index contributed by atoms with van der Waals surface area (Å²) in [6.45, 7) is 0.816. The molecule has 0 aliphatic heterocycles. The van der Waals surface area contributed by atoms with Gasteiger partial charge >= 0.3 is 5.97 Å². The van der Waals surface area contributed by atoms with Gasteiger partial charge in [0.25, 0.3) is 0 Å². The van der Waals surface area contributed by atoms with Crippen LogP contribution in [0.4, 0.5) is 0 Å². The SMILES string of the molecule is Cl.NCc1cccc(-c2cccc([C@H](CN)CC(=O)O)c2)c1. The second-order valence-corrected chi connectivity index (χ2v) is 5.06. The number of halogens is 1. The fourth-order valence-corrected chi connectivity index (χ4v) is 2.40. The zero-order valence-corrected chi connectivity index (χ0v) is 13.1. The van der Waals surface area contributed by atoms with Crippen molar-refractivity contribution in [3.05, 3.63) is 59.7 Å². The predicted octanol–water partition coefficient (Wildman–Crippen LogP) is 2.75. The van der Waals surface area contributed by atoms with Gasteiger partial charge < -0.3 is 16.6 Å². The molecular formula is C17H21ClN2O2. The summed E-state index contributed by atoms with van der Waals surface area (Å²) < 4.78 is 0. The van der Waals surface area contributed by atoms with Crippen LogP contribution >= 0.6 is 12.4 Å². The maximum atomic E-state index is 10.9. The first-order valence-corrected chi connectivity index (χ1v) is 6.95. The van der Waals surface area contributed by atoms with Gasteiger partial charge in [0.1, 0.15) is 0 Å². The fourth-order valence-electron chi connectivity index (χ4n) is 2.40. The zero-order valence-electron chi connectivity index (χ0n) is 12.2. The predicted molar refractivity (Wildman–Crippen MR) is 91.1 cm³/mol. The van der Waals surface area contributed by atoms with E-state index in [1.165, 1.54) is 0 Å². The molecule has 0 heterocycles. The van der Waals surface area contributed by atoms with Crippen LogP contribution in [0.1, 0.15) is 23.5 Å². The second kappa shape index (κ2) is 8.54. The number of rotatable bonds is 6. The lowest BCUT2D eigenvalue weighted by atomic mass is 9.92. The van der Waals surface area contributed by atoms with Crippen LogP contribution < -0.4 is 11.5 Å². The van der Waals surface area contributed by atoms with E-state index in [1.54, 1.807) is 0 Å². The lowest BCUT2D eigenvalue weighted by Crippen LogP contribution is -2.16. The molecule has 0 bridgehead atoms. The molecule has 5 heteroatoms. The van der Waals surface area contributed by atoms with E-state index in [4.69, 9.17) is 16.6 Å². The number of hydrogen-bond acceptors (Lipinski definition) is 3. The third-order valence-corrected chi connectivity index (χ3v) is 3.56. The highest BCUT2D eigenvalue weighted by Gasteiger charge is 2.14. The molecule has 22 heavy (non-hydrogen) atoms. The number of carboxylic acid groups (broad SMARTS) is 1. The van der Waals surface area contributed by atoms with E-state index in [2.05, 4.69) is 0 Å². The van der Waals surface area contributed by atoms with Gasteiger partial charge in [0.2, 0.25) is 0 Å². The van der Waals surface area contributed by atoms with Gasteiger partial charge in [0.15, 0.2) is 0 Å². The number of benzene rings is 2. The Hall–Kier alpha value is -1.88. The van der Waals surface area contributed by atoms with Gasteiger partial charge in [-0.3, -0.25) is 4.79 Å². The molecule has 2 rings (SSSR count). The largest absolute Gasteiger partial charge is 0.481 e. The highest BCUT2D eigenvalue weighted by Crippen LogP contribution is 2.26. The molecule has 0 unspecified atom stereocenters. The third kappa shape index (κ3) is 4.56. The molecule has 2 aromatic carbocycles. The van der Waals surface area contributed by atoms with E-state index < -0.39 is 5.97 Å². The van der Waals surface area contributed by atoms with Crippen molar-refractivity contribution in [2.75, 3.05) is 6.54 Å². The third-order valence-electron chi connectivity index (χ3n) is 3.56. The topological polar surface area (TPSA) is 89.3 Å². The molecule has 0 aromatic heterocycles. The van der Waals surface area contributed by atoms with E-state index in [1.807, 2.05) is 48.5 Å². The molecule has 5 N–H and O–H groups in total. The van der Waals surface area contributed by atoms with Crippen LogP contribution in [0.3, 0.4) is 0 Å². The van der Waals surface area contributed by atoms with Crippen molar-refractivity contribution in [3.63, 3.8) is 0 Å². The van der Waals surface area contributed by atoms with Gasteiger partial charge in [0, 0.05) is 12.5 Å². The van der Waals surface area contributed by atoms with Crippen LogP contribution in [0.5, 0.6) is 0 Å². The Morgan fingerprint density at radius 2 is 1.68 bits per heavy atom. The van der Waals surface area contributed by atoms with E-state index >= 15 is 0 Å².